The number of benzene rings is 1. The minimum Gasteiger partial charge on any atom is -0.478 e. The van der Waals surface area contributed by atoms with Crippen LogP contribution in [0.2, 0.25) is 0 Å². The van der Waals surface area contributed by atoms with Crippen molar-refractivity contribution >= 4 is 11.7 Å². The van der Waals surface area contributed by atoms with Crippen molar-refractivity contribution in [1.29, 1.82) is 0 Å². The Labute approximate surface area is 131 Å². The van der Waals surface area contributed by atoms with E-state index in [2.05, 4.69) is 11.9 Å². The van der Waals surface area contributed by atoms with Crippen LogP contribution in [0.25, 0.3) is 0 Å². The molecule has 0 atom stereocenters. The van der Waals surface area contributed by atoms with Gasteiger partial charge < -0.3 is 9.84 Å². The quantitative estimate of drug-likeness (QED) is 0.439. The van der Waals surface area contributed by atoms with E-state index in [9.17, 15) is 9.90 Å². The van der Waals surface area contributed by atoms with Gasteiger partial charge in [-0.15, -0.1) is 0 Å². The van der Waals surface area contributed by atoms with E-state index in [1.165, 1.54) is 0 Å². The van der Waals surface area contributed by atoms with Gasteiger partial charge in [0.1, 0.15) is 0 Å². The van der Waals surface area contributed by atoms with Crippen molar-refractivity contribution in [1.82, 2.24) is 0 Å². The molecule has 0 fully saturated rings. The summed E-state index contributed by atoms with van der Waals surface area (Å²) in [5, 5.41) is 9.25. The summed E-state index contributed by atoms with van der Waals surface area (Å²) in [7, 11) is 0. The number of carboxylic acids is 1. The molecule has 0 radical (unpaired) electrons. The number of aliphatic imine (C=N–C) groups is 1. The van der Waals surface area contributed by atoms with Crippen molar-refractivity contribution in [3.8, 4) is 0 Å². The molecular formula is C18H23NO3. The number of rotatable bonds is 8. The standard InChI is InChI=1S/C18H23NO3/c1-4-6-7-12-17(22-13-5-2)19-14(3)15-10-8-9-11-16(15)18(20)21/h6-12H,4-5,13H2,1-3H3,(H,20,21)/b7-6+,17-12+,19-14+. The lowest BCUT2D eigenvalue weighted by atomic mass is 10.0. The highest BCUT2D eigenvalue weighted by Crippen LogP contribution is 2.13. The van der Waals surface area contributed by atoms with Gasteiger partial charge in [-0.3, -0.25) is 0 Å². The minimum absolute atomic E-state index is 0.239. The molecular weight excluding hydrogens is 278 g/mol. The van der Waals surface area contributed by atoms with Crippen LogP contribution in [0.4, 0.5) is 0 Å². The van der Waals surface area contributed by atoms with Crippen LogP contribution in [0.1, 0.15) is 49.5 Å². The van der Waals surface area contributed by atoms with E-state index >= 15 is 0 Å². The molecule has 1 aromatic rings. The largest absolute Gasteiger partial charge is 0.478 e. The number of carbonyl (C=O) groups is 1. The summed E-state index contributed by atoms with van der Waals surface area (Å²) in [6.45, 7) is 6.43. The van der Waals surface area contributed by atoms with Crippen molar-refractivity contribution in [3.63, 3.8) is 0 Å². The molecule has 0 heterocycles. The number of ether oxygens (including phenoxy) is 1. The zero-order chi connectivity index (χ0) is 16.4. The monoisotopic (exact) mass is 301 g/mol. The molecule has 0 aliphatic rings. The Balaban J connectivity index is 3.12. The fraction of sp³-hybridized carbons (Fsp3) is 0.333. The number of hydrogen-bond donors (Lipinski definition) is 1. The fourth-order valence-corrected chi connectivity index (χ4v) is 1.82. The number of allylic oxidation sites excluding steroid dienone is 3. The zero-order valence-electron chi connectivity index (χ0n) is 13.4. The summed E-state index contributed by atoms with van der Waals surface area (Å²) >= 11 is 0. The van der Waals surface area contributed by atoms with Gasteiger partial charge in [0.15, 0.2) is 0 Å². The lowest BCUT2D eigenvalue weighted by molar-refractivity contribution is 0.0696. The first-order valence-corrected chi connectivity index (χ1v) is 7.47. The molecule has 1 N–H and O–H groups in total. The third-order valence-electron chi connectivity index (χ3n) is 2.89. The molecule has 4 nitrogen and oxygen atoms in total. The second-order valence-electron chi connectivity index (χ2n) is 4.74. The lowest BCUT2D eigenvalue weighted by Gasteiger charge is -2.08. The van der Waals surface area contributed by atoms with Gasteiger partial charge >= 0.3 is 5.97 Å². The van der Waals surface area contributed by atoms with Gasteiger partial charge in [0, 0.05) is 11.3 Å². The van der Waals surface area contributed by atoms with E-state index < -0.39 is 5.97 Å². The second-order valence-corrected chi connectivity index (χ2v) is 4.74. The van der Waals surface area contributed by atoms with Gasteiger partial charge in [0.2, 0.25) is 5.88 Å². The first-order valence-electron chi connectivity index (χ1n) is 7.47. The highest BCUT2D eigenvalue weighted by atomic mass is 16.5. The molecule has 4 heteroatoms. The molecule has 0 aliphatic heterocycles. The van der Waals surface area contributed by atoms with Crippen molar-refractivity contribution in [2.24, 2.45) is 4.99 Å². The number of nitrogens with zero attached hydrogens (tertiary/aromatic N) is 1. The SMILES string of the molecule is CC/C=C/C=C(\N=C(/C)c1ccccc1C(=O)O)OCCC. The Morgan fingerprint density at radius 3 is 2.55 bits per heavy atom. The maximum Gasteiger partial charge on any atom is 0.336 e. The molecule has 0 amide bonds. The van der Waals surface area contributed by atoms with Crippen molar-refractivity contribution in [2.45, 2.75) is 33.6 Å². The molecule has 0 bridgehead atoms. The van der Waals surface area contributed by atoms with Crippen LogP contribution in [0, 0.1) is 0 Å². The normalized spacial score (nSPS) is 12.7. The molecule has 1 aromatic carbocycles. The van der Waals surface area contributed by atoms with Crippen LogP contribution in [-0.4, -0.2) is 23.4 Å². The van der Waals surface area contributed by atoms with Crippen molar-refractivity contribution in [2.75, 3.05) is 6.61 Å². The number of hydrogen-bond acceptors (Lipinski definition) is 3. The first kappa shape index (κ1) is 17.7. The Morgan fingerprint density at radius 1 is 1.27 bits per heavy atom. The third-order valence-corrected chi connectivity index (χ3v) is 2.89. The Bertz CT molecular complexity index is 586. The van der Waals surface area contributed by atoms with Gasteiger partial charge in [-0.1, -0.05) is 44.2 Å². The predicted octanol–water partition coefficient (Wildman–Crippen LogP) is 4.43. The maximum absolute atomic E-state index is 11.3. The van der Waals surface area contributed by atoms with E-state index in [4.69, 9.17) is 4.74 Å². The molecule has 0 spiro atoms. The van der Waals surface area contributed by atoms with Crippen LogP contribution >= 0.6 is 0 Å². The summed E-state index contributed by atoms with van der Waals surface area (Å²) in [5.74, 6) is -0.472. The van der Waals surface area contributed by atoms with Crippen molar-refractivity contribution in [3.05, 3.63) is 59.5 Å². The summed E-state index contributed by atoms with van der Waals surface area (Å²) in [6.07, 6.45) is 7.51. The lowest BCUT2D eigenvalue weighted by Crippen LogP contribution is -2.07. The van der Waals surface area contributed by atoms with Gasteiger partial charge in [-0.25, -0.2) is 9.79 Å². The maximum atomic E-state index is 11.3. The van der Waals surface area contributed by atoms with Gasteiger partial charge in [-0.05, 0) is 31.9 Å². The molecule has 22 heavy (non-hydrogen) atoms. The van der Waals surface area contributed by atoms with E-state index in [1.54, 1.807) is 37.3 Å². The van der Waals surface area contributed by atoms with Gasteiger partial charge in [0.05, 0.1) is 12.2 Å². The molecule has 0 unspecified atom stereocenters. The average molecular weight is 301 g/mol. The molecule has 0 saturated carbocycles. The minimum atomic E-state index is -0.962. The Morgan fingerprint density at radius 2 is 1.95 bits per heavy atom. The van der Waals surface area contributed by atoms with Gasteiger partial charge in [-0.2, -0.15) is 0 Å². The number of carboxylic acid groups (broad SMARTS) is 1. The zero-order valence-corrected chi connectivity index (χ0v) is 13.4. The first-order chi connectivity index (χ1) is 10.6. The van der Waals surface area contributed by atoms with Crippen LogP contribution < -0.4 is 0 Å². The van der Waals surface area contributed by atoms with E-state index in [-0.39, 0.29) is 5.56 Å². The van der Waals surface area contributed by atoms with Crippen LogP contribution in [0.15, 0.2) is 53.4 Å². The second kappa shape index (κ2) is 9.55. The van der Waals surface area contributed by atoms with Gasteiger partial charge in [0.25, 0.3) is 0 Å². The van der Waals surface area contributed by atoms with Crippen LogP contribution in [0.3, 0.4) is 0 Å². The van der Waals surface area contributed by atoms with E-state index in [0.29, 0.717) is 23.8 Å². The number of aromatic carboxylic acids is 1. The highest BCUT2D eigenvalue weighted by molar-refractivity contribution is 6.07. The van der Waals surface area contributed by atoms with Crippen LogP contribution in [-0.2, 0) is 4.74 Å². The summed E-state index contributed by atoms with van der Waals surface area (Å²) in [5.41, 5.74) is 1.45. The fourth-order valence-electron chi connectivity index (χ4n) is 1.82. The Kier molecular flexibility index (Phi) is 7.68. The topological polar surface area (TPSA) is 58.9 Å². The molecule has 118 valence electrons. The molecule has 0 aliphatic carbocycles. The summed E-state index contributed by atoms with van der Waals surface area (Å²) in [6, 6.07) is 6.83. The Hall–Kier alpha value is -2.36. The highest BCUT2D eigenvalue weighted by Gasteiger charge is 2.11. The van der Waals surface area contributed by atoms with E-state index in [0.717, 1.165) is 12.8 Å². The predicted molar refractivity (Wildman–Crippen MR) is 89.4 cm³/mol. The summed E-state index contributed by atoms with van der Waals surface area (Å²) in [4.78, 5) is 15.7. The molecule has 0 saturated heterocycles. The molecule has 0 aromatic heterocycles. The molecule has 1 rings (SSSR count). The summed E-state index contributed by atoms with van der Waals surface area (Å²) < 4.78 is 5.61. The average Bonchev–Trinajstić information content (AvgIpc) is 2.52. The smallest absolute Gasteiger partial charge is 0.336 e. The van der Waals surface area contributed by atoms with Crippen molar-refractivity contribution < 1.29 is 14.6 Å². The van der Waals surface area contributed by atoms with Crippen LogP contribution in [0.5, 0.6) is 0 Å². The van der Waals surface area contributed by atoms with E-state index in [1.807, 2.05) is 19.1 Å². The third kappa shape index (κ3) is 5.56.